The molecule has 2 rings (SSSR count). The SMILES string of the molecule is CC(C)c1cnc2c(n1)OC(C(C)C)OC2. The molecule has 0 N–H and O–H groups in total. The molecular weight excluding hydrogens is 204 g/mol. The van der Waals surface area contributed by atoms with Crippen LogP contribution < -0.4 is 4.74 Å². The molecule has 0 spiro atoms. The molecule has 4 nitrogen and oxygen atoms in total. The minimum atomic E-state index is -0.204. The Morgan fingerprint density at radius 2 is 2.06 bits per heavy atom. The molecule has 1 atom stereocenters. The summed E-state index contributed by atoms with van der Waals surface area (Å²) < 4.78 is 11.2. The summed E-state index contributed by atoms with van der Waals surface area (Å²) in [6.07, 6.45) is 1.59. The molecule has 0 radical (unpaired) electrons. The van der Waals surface area contributed by atoms with Gasteiger partial charge in [-0.15, -0.1) is 0 Å². The summed E-state index contributed by atoms with van der Waals surface area (Å²) in [5.41, 5.74) is 1.75. The average molecular weight is 222 g/mol. The first kappa shape index (κ1) is 11.3. The van der Waals surface area contributed by atoms with Crippen LogP contribution >= 0.6 is 0 Å². The van der Waals surface area contributed by atoms with Crippen molar-refractivity contribution in [3.63, 3.8) is 0 Å². The van der Waals surface area contributed by atoms with E-state index in [1.807, 2.05) is 0 Å². The van der Waals surface area contributed by atoms with Gasteiger partial charge in [0.1, 0.15) is 5.69 Å². The summed E-state index contributed by atoms with van der Waals surface area (Å²) >= 11 is 0. The van der Waals surface area contributed by atoms with Crippen LogP contribution in [0.25, 0.3) is 0 Å². The number of aromatic nitrogens is 2. The first-order valence-corrected chi connectivity index (χ1v) is 5.72. The highest BCUT2D eigenvalue weighted by Crippen LogP contribution is 2.26. The van der Waals surface area contributed by atoms with E-state index in [1.165, 1.54) is 0 Å². The van der Waals surface area contributed by atoms with Gasteiger partial charge in [-0.05, 0) is 5.92 Å². The molecule has 0 fully saturated rings. The number of ether oxygens (including phenoxy) is 2. The maximum absolute atomic E-state index is 5.69. The second-order valence-electron chi connectivity index (χ2n) is 4.74. The minimum absolute atomic E-state index is 0.204. The van der Waals surface area contributed by atoms with Crippen molar-refractivity contribution in [2.24, 2.45) is 5.92 Å². The maximum atomic E-state index is 5.69. The molecule has 0 aliphatic carbocycles. The Kier molecular flexibility index (Phi) is 3.10. The fourth-order valence-electron chi connectivity index (χ4n) is 1.52. The Hall–Kier alpha value is -1.16. The topological polar surface area (TPSA) is 44.2 Å². The van der Waals surface area contributed by atoms with Crippen LogP contribution in [0.5, 0.6) is 5.88 Å². The van der Waals surface area contributed by atoms with E-state index in [0.29, 0.717) is 24.3 Å². The number of rotatable bonds is 2. The molecule has 0 aromatic carbocycles. The van der Waals surface area contributed by atoms with Crippen LogP contribution in [0.3, 0.4) is 0 Å². The van der Waals surface area contributed by atoms with Crippen molar-refractivity contribution in [3.05, 3.63) is 17.6 Å². The van der Waals surface area contributed by atoms with Gasteiger partial charge in [0.05, 0.1) is 12.3 Å². The first-order chi connectivity index (χ1) is 7.58. The molecular formula is C12H18N2O2. The average Bonchev–Trinajstić information content (AvgIpc) is 2.27. The molecule has 4 heteroatoms. The highest BCUT2D eigenvalue weighted by atomic mass is 16.7. The van der Waals surface area contributed by atoms with E-state index >= 15 is 0 Å². The van der Waals surface area contributed by atoms with E-state index in [1.54, 1.807) is 6.20 Å². The predicted molar refractivity (Wildman–Crippen MR) is 60.2 cm³/mol. The normalized spacial score (nSPS) is 19.8. The lowest BCUT2D eigenvalue weighted by atomic mass is 10.1. The van der Waals surface area contributed by atoms with Crippen LogP contribution in [-0.4, -0.2) is 16.3 Å². The van der Waals surface area contributed by atoms with Crippen molar-refractivity contribution in [1.82, 2.24) is 9.97 Å². The van der Waals surface area contributed by atoms with Gasteiger partial charge in [-0.25, -0.2) is 4.98 Å². The van der Waals surface area contributed by atoms with Gasteiger partial charge in [-0.1, -0.05) is 27.7 Å². The van der Waals surface area contributed by atoms with Crippen LogP contribution in [0.1, 0.15) is 45.0 Å². The zero-order valence-corrected chi connectivity index (χ0v) is 10.2. The lowest BCUT2D eigenvalue weighted by Gasteiger charge is -2.27. The third-order valence-electron chi connectivity index (χ3n) is 2.58. The number of hydrogen-bond acceptors (Lipinski definition) is 4. The molecule has 0 amide bonds. The van der Waals surface area contributed by atoms with E-state index in [2.05, 4.69) is 37.7 Å². The Morgan fingerprint density at radius 3 is 2.69 bits per heavy atom. The lowest BCUT2D eigenvalue weighted by Crippen LogP contribution is -2.31. The van der Waals surface area contributed by atoms with E-state index in [4.69, 9.17) is 9.47 Å². The fraction of sp³-hybridized carbons (Fsp3) is 0.667. The van der Waals surface area contributed by atoms with Gasteiger partial charge in [-0.3, -0.25) is 4.98 Å². The second kappa shape index (κ2) is 4.37. The quantitative estimate of drug-likeness (QED) is 0.771. The summed E-state index contributed by atoms with van der Waals surface area (Å²) in [7, 11) is 0. The molecule has 16 heavy (non-hydrogen) atoms. The van der Waals surface area contributed by atoms with E-state index in [0.717, 1.165) is 11.4 Å². The van der Waals surface area contributed by atoms with Gasteiger partial charge in [0.2, 0.25) is 12.2 Å². The van der Waals surface area contributed by atoms with Crippen molar-refractivity contribution in [2.75, 3.05) is 0 Å². The Labute approximate surface area is 96.0 Å². The smallest absolute Gasteiger partial charge is 0.240 e. The highest BCUT2D eigenvalue weighted by Gasteiger charge is 2.25. The van der Waals surface area contributed by atoms with Crippen LogP contribution in [0, 0.1) is 5.92 Å². The summed E-state index contributed by atoms with van der Waals surface area (Å²) in [4.78, 5) is 8.80. The Balaban J connectivity index is 2.25. The van der Waals surface area contributed by atoms with Crippen LogP contribution in [-0.2, 0) is 11.3 Å². The van der Waals surface area contributed by atoms with Crippen LogP contribution in [0.4, 0.5) is 0 Å². The maximum Gasteiger partial charge on any atom is 0.240 e. The molecule has 88 valence electrons. The van der Waals surface area contributed by atoms with E-state index in [-0.39, 0.29) is 6.29 Å². The third kappa shape index (κ3) is 2.16. The van der Waals surface area contributed by atoms with Gasteiger partial charge >= 0.3 is 0 Å². The number of hydrogen-bond donors (Lipinski definition) is 0. The molecule has 1 aromatic rings. The molecule has 0 saturated carbocycles. The zero-order valence-electron chi connectivity index (χ0n) is 10.2. The largest absolute Gasteiger partial charge is 0.446 e. The van der Waals surface area contributed by atoms with Crippen LogP contribution in [0.15, 0.2) is 6.20 Å². The monoisotopic (exact) mass is 222 g/mol. The number of nitrogens with zero attached hydrogens (tertiary/aromatic N) is 2. The van der Waals surface area contributed by atoms with Gasteiger partial charge in [0.15, 0.2) is 0 Å². The summed E-state index contributed by atoms with van der Waals surface area (Å²) in [5.74, 6) is 1.32. The lowest BCUT2D eigenvalue weighted by molar-refractivity contribution is -0.137. The molecule has 1 aromatic heterocycles. The third-order valence-corrected chi connectivity index (χ3v) is 2.58. The number of fused-ring (bicyclic) bond motifs is 1. The van der Waals surface area contributed by atoms with Gasteiger partial charge in [0, 0.05) is 12.1 Å². The van der Waals surface area contributed by atoms with Crippen LogP contribution in [0.2, 0.25) is 0 Å². The zero-order chi connectivity index (χ0) is 11.7. The van der Waals surface area contributed by atoms with Crippen molar-refractivity contribution >= 4 is 0 Å². The van der Waals surface area contributed by atoms with Gasteiger partial charge in [0.25, 0.3) is 0 Å². The standard InChI is InChI=1S/C12H18N2O2/c1-7(2)9-5-13-10-6-15-12(8(3)4)16-11(10)14-9/h5,7-8,12H,6H2,1-4H3. The molecule has 0 bridgehead atoms. The van der Waals surface area contributed by atoms with E-state index < -0.39 is 0 Å². The van der Waals surface area contributed by atoms with Gasteiger partial charge in [-0.2, -0.15) is 0 Å². The Morgan fingerprint density at radius 1 is 1.31 bits per heavy atom. The fourth-order valence-corrected chi connectivity index (χ4v) is 1.52. The van der Waals surface area contributed by atoms with Crippen molar-refractivity contribution in [3.8, 4) is 5.88 Å². The molecule has 2 heterocycles. The van der Waals surface area contributed by atoms with Gasteiger partial charge < -0.3 is 9.47 Å². The summed E-state index contributed by atoms with van der Waals surface area (Å²) in [5, 5.41) is 0. The molecule has 0 saturated heterocycles. The predicted octanol–water partition coefficient (Wildman–Crippen LogP) is 2.49. The van der Waals surface area contributed by atoms with Crippen molar-refractivity contribution in [1.29, 1.82) is 0 Å². The summed E-state index contributed by atoms with van der Waals surface area (Å²) in [6.45, 7) is 8.81. The second-order valence-corrected chi connectivity index (χ2v) is 4.74. The van der Waals surface area contributed by atoms with Crippen molar-refractivity contribution in [2.45, 2.75) is 46.5 Å². The van der Waals surface area contributed by atoms with Crippen molar-refractivity contribution < 1.29 is 9.47 Å². The minimum Gasteiger partial charge on any atom is -0.446 e. The molecule has 1 aliphatic rings. The highest BCUT2D eigenvalue weighted by molar-refractivity contribution is 5.22. The first-order valence-electron chi connectivity index (χ1n) is 5.72. The molecule has 1 unspecified atom stereocenters. The van der Waals surface area contributed by atoms with E-state index in [9.17, 15) is 0 Å². The Bertz CT molecular complexity index is 377. The molecule has 1 aliphatic heterocycles. The summed E-state index contributed by atoms with van der Waals surface area (Å²) in [6, 6.07) is 0.